The van der Waals surface area contributed by atoms with Gasteiger partial charge in [-0.25, -0.2) is 4.79 Å². The third-order valence-electron chi connectivity index (χ3n) is 4.38. The Morgan fingerprint density at radius 2 is 2.17 bits per heavy atom. The van der Waals surface area contributed by atoms with Crippen LogP contribution in [-0.2, 0) is 30.3 Å². The molecule has 0 spiro atoms. The van der Waals surface area contributed by atoms with E-state index in [1.807, 2.05) is 12.1 Å². The maximum Gasteiger partial charge on any atom is 0.331 e. The Morgan fingerprint density at radius 1 is 1.34 bits per heavy atom. The van der Waals surface area contributed by atoms with E-state index in [0.29, 0.717) is 11.4 Å². The standard InChI is InChI=1S/C22H24ClNO5/c1-28-22(27)16-29-13-3-2-12-24-19(8-5-9-21(24)26)10-11-20(25)15-17-6-4-7-18(23)14-17/h4,6-7,10-11,14,19H,5,8-9,12-13,15-16H2,1H3. The number of halogens is 1. The zero-order valence-corrected chi connectivity index (χ0v) is 17.1. The molecule has 1 aliphatic rings. The average Bonchev–Trinajstić information content (AvgIpc) is 2.70. The predicted octanol–water partition coefficient (Wildman–Crippen LogP) is 2.58. The van der Waals surface area contributed by atoms with Gasteiger partial charge in [-0.05, 0) is 36.6 Å². The van der Waals surface area contributed by atoms with Crippen LogP contribution in [0.4, 0.5) is 0 Å². The van der Waals surface area contributed by atoms with Crippen molar-refractivity contribution in [3.8, 4) is 11.8 Å². The summed E-state index contributed by atoms with van der Waals surface area (Å²) in [6.07, 6.45) is 5.61. The molecule has 29 heavy (non-hydrogen) atoms. The van der Waals surface area contributed by atoms with Crippen molar-refractivity contribution in [2.24, 2.45) is 0 Å². The Balaban J connectivity index is 1.88. The second-order valence-corrected chi connectivity index (χ2v) is 6.97. The summed E-state index contributed by atoms with van der Waals surface area (Å²) in [7, 11) is 1.28. The monoisotopic (exact) mass is 417 g/mol. The van der Waals surface area contributed by atoms with Crippen LogP contribution in [0.5, 0.6) is 0 Å². The molecule has 0 saturated carbocycles. The van der Waals surface area contributed by atoms with Crippen LogP contribution in [0.1, 0.15) is 24.8 Å². The summed E-state index contributed by atoms with van der Waals surface area (Å²) in [4.78, 5) is 37.1. The summed E-state index contributed by atoms with van der Waals surface area (Å²) < 4.78 is 9.52. The molecule has 0 aliphatic carbocycles. The number of nitrogens with zero attached hydrogens (tertiary/aromatic N) is 1. The summed E-state index contributed by atoms with van der Waals surface area (Å²) in [5.74, 6) is 5.16. The molecule has 0 radical (unpaired) electrons. The zero-order valence-electron chi connectivity index (χ0n) is 16.4. The maximum absolute atomic E-state index is 12.3. The molecule has 0 bridgehead atoms. The van der Waals surface area contributed by atoms with Gasteiger partial charge in [-0.2, -0.15) is 0 Å². The van der Waals surface area contributed by atoms with E-state index in [0.717, 1.165) is 18.4 Å². The van der Waals surface area contributed by atoms with Crippen molar-refractivity contribution in [3.05, 3.63) is 47.0 Å². The SMILES string of the molecule is COC(=O)COCC#CCN1C(=O)CCCC1C=CC(=O)Cc1cccc(Cl)c1. The summed E-state index contributed by atoms with van der Waals surface area (Å²) in [6, 6.07) is 7.03. The number of ketones is 1. The minimum Gasteiger partial charge on any atom is -0.467 e. The molecule has 0 N–H and O–H groups in total. The van der Waals surface area contributed by atoms with E-state index in [1.165, 1.54) is 13.2 Å². The first-order chi connectivity index (χ1) is 14.0. The molecule has 2 rings (SSSR count). The van der Waals surface area contributed by atoms with Crippen molar-refractivity contribution in [1.82, 2.24) is 4.90 Å². The van der Waals surface area contributed by atoms with Crippen LogP contribution in [-0.4, -0.2) is 55.5 Å². The van der Waals surface area contributed by atoms with Crippen LogP contribution in [0.25, 0.3) is 0 Å². The number of methoxy groups -OCH3 is 1. The molecule has 1 saturated heterocycles. The summed E-state index contributed by atoms with van der Waals surface area (Å²) >= 11 is 5.95. The van der Waals surface area contributed by atoms with Crippen molar-refractivity contribution in [2.75, 3.05) is 26.9 Å². The van der Waals surface area contributed by atoms with Gasteiger partial charge >= 0.3 is 5.97 Å². The fourth-order valence-electron chi connectivity index (χ4n) is 2.91. The summed E-state index contributed by atoms with van der Waals surface area (Å²) in [5.41, 5.74) is 0.849. The molecule has 6 nitrogen and oxygen atoms in total. The van der Waals surface area contributed by atoms with Crippen molar-refractivity contribution >= 4 is 29.3 Å². The quantitative estimate of drug-likeness (QED) is 0.281. The number of benzene rings is 1. The van der Waals surface area contributed by atoms with E-state index in [4.69, 9.17) is 16.3 Å². The first-order valence-corrected chi connectivity index (χ1v) is 9.72. The number of esters is 1. The van der Waals surface area contributed by atoms with Crippen molar-refractivity contribution < 1.29 is 23.9 Å². The van der Waals surface area contributed by atoms with Crippen LogP contribution in [0.3, 0.4) is 0 Å². The number of carbonyl (C=O) groups is 3. The average molecular weight is 418 g/mol. The van der Waals surface area contributed by atoms with Gasteiger partial charge in [0.2, 0.25) is 5.91 Å². The number of piperidine rings is 1. The maximum atomic E-state index is 12.3. The van der Waals surface area contributed by atoms with Gasteiger partial charge in [-0.1, -0.05) is 41.7 Å². The smallest absolute Gasteiger partial charge is 0.331 e. The molecular weight excluding hydrogens is 394 g/mol. The number of carbonyl (C=O) groups excluding carboxylic acids is 3. The van der Waals surface area contributed by atoms with Gasteiger partial charge in [0.15, 0.2) is 5.78 Å². The normalized spacial score (nSPS) is 16.4. The molecule has 1 unspecified atom stereocenters. The molecule has 1 aliphatic heterocycles. The Kier molecular flexibility index (Phi) is 9.42. The third-order valence-corrected chi connectivity index (χ3v) is 4.61. The largest absolute Gasteiger partial charge is 0.467 e. The summed E-state index contributed by atoms with van der Waals surface area (Å²) in [6.45, 7) is 0.168. The van der Waals surface area contributed by atoms with E-state index in [9.17, 15) is 14.4 Å². The second kappa shape index (κ2) is 12.1. The van der Waals surface area contributed by atoms with Crippen LogP contribution in [0.2, 0.25) is 5.02 Å². The van der Waals surface area contributed by atoms with Crippen LogP contribution >= 0.6 is 11.6 Å². The van der Waals surface area contributed by atoms with Gasteiger partial charge in [0.05, 0.1) is 19.7 Å². The molecular formula is C22H24ClNO5. The molecule has 7 heteroatoms. The van der Waals surface area contributed by atoms with Gasteiger partial charge in [0.25, 0.3) is 0 Å². The van der Waals surface area contributed by atoms with Gasteiger partial charge < -0.3 is 14.4 Å². The molecule has 0 aromatic heterocycles. The highest BCUT2D eigenvalue weighted by molar-refractivity contribution is 6.30. The molecule has 1 fully saturated rings. The Bertz CT molecular complexity index is 824. The van der Waals surface area contributed by atoms with Crippen LogP contribution < -0.4 is 0 Å². The lowest BCUT2D eigenvalue weighted by molar-refractivity contribution is -0.145. The molecule has 1 heterocycles. The number of rotatable bonds is 8. The van der Waals surface area contributed by atoms with Gasteiger partial charge in [-0.15, -0.1) is 0 Å². The van der Waals surface area contributed by atoms with E-state index in [-0.39, 0.29) is 43.9 Å². The molecule has 1 aromatic rings. The minimum absolute atomic E-state index is 0.0120. The highest BCUT2D eigenvalue weighted by atomic mass is 35.5. The van der Waals surface area contributed by atoms with Crippen LogP contribution in [0.15, 0.2) is 36.4 Å². The second-order valence-electron chi connectivity index (χ2n) is 6.54. The number of ether oxygens (including phenoxy) is 2. The molecule has 154 valence electrons. The Labute approximate surface area is 175 Å². The van der Waals surface area contributed by atoms with Crippen molar-refractivity contribution in [1.29, 1.82) is 0 Å². The van der Waals surface area contributed by atoms with E-state index in [2.05, 4.69) is 16.6 Å². The lowest BCUT2D eigenvalue weighted by Crippen LogP contribution is -2.42. The van der Waals surface area contributed by atoms with E-state index >= 15 is 0 Å². The molecule has 1 amide bonds. The summed E-state index contributed by atoms with van der Waals surface area (Å²) in [5, 5.41) is 0.595. The van der Waals surface area contributed by atoms with Gasteiger partial charge in [0.1, 0.15) is 13.2 Å². The Morgan fingerprint density at radius 3 is 2.93 bits per heavy atom. The molecule has 1 aromatic carbocycles. The van der Waals surface area contributed by atoms with Gasteiger partial charge in [-0.3, -0.25) is 9.59 Å². The lowest BCUT2D eigenvalue weighted by atomic mass is 10.00. The first-order valence-electron chi connectivity index (χ1n) is 9.35. The fraction of sp³-hybridized carbons (Fsp3) is 0.409. The first kappa shape index (κ1) is 22.7. The predicted molar refractivity (Wildman–Crippen MR) is 109 cm³/mol. The lowest BCUT2D eigenvalue weighted by Gasteiger charge is -2.32. The number of allylic oxidation sites excluding steroid dienone is 1. The number of amides is 1. The highest BCUT2D eigenvalue weighted by Crippen LogP contribution is 2.19. The fourth-order valence-corrected chi connectivity index (χ4v) is 3.13. The zero-order chi connectivity index (χ0) is 21.1. The molecule has 1 atom stereocenters. The number of hydrogen-bond donors (Lipinski definition) is 0. The number of hydrogen-bond acceptors (Lipinski definition) is 5. The number of likely N-dealkylation sites (tertiary alicyclic amines) is 1. The van der Waals surface area contributed by atoms with Crippen molar-refractivity contribution in [3.63, 3.8) is 0 Å². The van der Waals surface area contributed by atoms with E-state index < -0.39 is 5.97 Å². The third kappa shape index (κ3) is 8.10. The van der Waals surface area contributed by atoms with E-state index in [1.54, 1.807) is 23.1 Å². The topological polar surface area (TPSA) is 72.9 Å². The minimum atomic E-state index is -0.467. The highest BCUT2D eigenvalue weighted by Gasteiger charge is 2.25. The van der Waals surface area contributed by atoms with Gasteiger partial charge in [0, 0.05) is 17.9 Å². The van der Waals surface area contributed by atoms with Crippen molar-refractivity contribution in [2.45, 2.75) is 31.7 Å². The van der Waals surface area contributed by atoms with Crippen LogP contribution in [0, 0.1) is 11.8 Å². The Hall–Kier alpha value is -2.62.